The molecule has 2 N–H and O–H groups in total. The minimum Gasteiger partial charge on any atom is -0.397 e. The molecule has 1 fully saturated rings. The van der Waals surface area contributed by atoms with E-state index in [2.05, 4.69) is 13.0 Å². The van der Waals surface area contributed by atoms with E-state index in [1.165, 1.54) is 16.9 Å². The van der Waals surface area contributed by atoms with Crippen molar-refractivity contribution in [2.45, 2.75) is 13.3 Å². The van der Waals surface area contributed by atoms with Gasteiger partial charge in [-0.1, -0.05) is 12.1 Å². The number of aryl methyl sites for hydroxylation is 1. The topological polar surface area (TPSA) is 46.3 Å². The van der Waals surface area contributed by atoms with Crippen molar-refractivity contribution in [3.63, 3.8) is 0 Å². The van der Waals surface area contributed by atoms with Gasteiger partial charge in [-0.25, -0.2) is 0 Å². The number of nitrogens with two attached hydrogens (primary N) is 1. The van der Waals surface area contributed by atoms with Gasteiger partial charge in [-0.2, -0.15) is 11.8 Å². The predicted octanol–water partition coefficient (Wildman–Crippen LogP) is 3.37. The fraction of sp³-hybridized carbons (Fsp3) is 0.400. The van der Waals surface area contributed by atoms with Gasteiger partial charge in [0.15, 0.2) is 0 Å². The third-order valence-corrected chi connectivity index (χ3v) is 5.79. The molecule has 1 saturated heterocycles. The summed E-state index contributed by atoms with van der Waals surface area (Å²) in [5.41, 5.74) is 8.04. The third-order valence-electron chi connectivity index (χ3n) is 3.59. The first-order chi connectivity index (χ1) is 9.66. The van der Waals surface area contributed by atoms with E-state index in [1.807, 2.05) is 28.8 Å². The van der Waals surface area contributed by atoms with E-state index in [9.17, 15) is 4.79 Å². The molecule has 1 amide bonds. The van der Waals surface area contributed by atoms with Crippen molar-refractivity contribution in [1.29, 1.82) is 0 Å². The summed E-state index contributed by atoms with van der Waals surface area (Å²) in [6.07, 6.45) is 1.07. The van der Waals surface area contributed by atoms with Crippen LogP contribution in [0.4, 0.5) is 5.69 Å². The monoisotopic (exact) mass is 306 g/mol. The van der Waals surface area contributed by atoms with Gasteiger partial charge in [0.1, 0.15) is 4.88 Å². The molecule has 0 saturated carbocycles. The Morgan fingerprint density at radius 2 is 2.15 bits per heavy atom. The van der Waals surface area contributed by atoms with Gasteiger partial charge in [0, 0.05) is 28.9 Å². The molecule has 0 atom stereocenters. The second kappa shape index (κ2) is 5.66. The summed E-state index contributed by atoms with van der Waals surface area (Å²) >= 11 is 3.45. The first kappa shape index (κ1) is 13.8. The Balaban J connectivity index is 1.96. The number of anilines is 1. The highest BCUT2D eigenvalue weighted by Gasteiger charge is 2.22. The Hall–Kier alpha value is -1.20. The van der Waals surface area contributed by atoms with Crippen molar-refractivity contribution in [1.82, 2.24) is 4.90 Å². The van der Waals surface area contributed by atoms with Crippen molar-refractivity contribution in [3.8, 4) is 0 Å². The molecule has 0 unspecified atom stereocenters. The van der Waals surface area contributed by atoms with Gasteiger partial charge in [0.25, 0.3) is 5.91 Å². The van der Waals surface area contributed by atoms with Crippen LogP contribution in [0.2, 0.25) is 0 Å². The van der Waals surface area contributed by atoms with Gasteiger partial charge < -0.3 is 10.6 Å². The highest BCUT2D eigenvalue weighted by molar-refractivity contribution is 7.99. The molecule has 1 aliphatic heterocycles. The first-order valence-corrected chi connectivity index (χ1v) is 8.79. The molecular weight excluding hydrogens is 288 g/mol. The zero-order valence-electron chi connectivity index (χ0n) is 11.5. The number of hydrogen-bond donors (Lipinski definition) is 1. The summed E-state index contributed by atoms with van der Waals surface area (Å²) in [6, 6.07) is 6.17. The Labute approximate surface area is 127 Å². The zero-order chi connectivity index (χ0) is 14.1. The van der Waals surface area contributed by atoms with E-state index >= 15 is 0 Å². The van der Waals surface area contributed by atoms with Crippen molar-refractivity contribution in [2.24, 2.45) is 0 Å². The maximum atomic E-state index is 12.7. The molecule has 1 aromatic heterocycles. The standard InChI is InChI=1S/C15H18N2OS2/c1-10-3-4-11-12(9-10)20-14(13(11)16)15(18)17-5-2-7-19-8-6-17/h3-4,9H,2,5-8,16H2,1H3. The van der Waals surface area contributed by atoms with Crippen LogP contribution in [0, 0.1) is 6.92 Å². The van der Waals surface area contributed by atoms with Crippen LogP contribution in [0.3, 0.4) is 0 Å². The molecule has 0 aliphatic carbocycles. The number of thiophene rings is 1. The summed E-state index contributed by atoms with van der Waals surface area (Å²) in [6.45, 7) is 3.73. The molecule has 3 rings (SSSR count). The number of carbonyl (C=O) groups excluding carboxylic acids is 1. The van der Waals surface area contributed by atoms with E-state index in [1.54, 1.807) is 0 Å². The normalized spacial score (nSPS) is 16.4. The largest absolute Gasteiger partial charge is 0.397 e. The average molecular weight is 306 g/mol. The van der Waals surface area contributed by atoms with Crippen LogP contribution in [-0.4, -0.2) is 35.4 Å². The number of thioether (sulfide) groups is 1. The van der Waals surface area contributed by atoms with Crippen LogP contribution in [0.15, 0.2) is 18.2 Å². The lowest BCUT2D eigenvalue weighted by atomic mass is 10.1. The van der Waals surface area contributed by atoms with Gasteiger partial charge in [0.05, 0.1) is 5.69 Å². The number of rotatable bonds is 1. The lowest BCUT2D eigenvalue weighted by molar-refractivity contribution is 0.0774. The maximum Gasteiger partial charge on any atom is 0.266 e. The molecule has 0 spiro atoms. The average Bonchev–Trinajstić information content (AvgIpc) is 2.65. The zero-order valence-corrected chi connectivity index (χ0v) is 13.1. The summed E-state index contributed by atoms with van der Waals surface area (Å²) < 4.78 is 1.11. The molecule has 20 heavy (non-hydrogen) atoms. The fourth-order valence-corrected chi connectivity index (χ4v) is 4.55. The summed E-state index contributed by atoms with van der Waals surface area (Å²) in [4.78, 5) is 15.3. The van der Waals surface area contributed by atoms with Crippen molar-refractivity contribution >= 4 is 44.8 Å². The highest BCUT2D eigenvalue weighted by Crippen LogP contribution is 2.35. The minimum atomic E-state index is 0.101. The van der Waals surface area contributed by atoms with E-state index in [0.717, 1.165) is 41.1 Å². The molecule has 106 valence electrons. The number of hydrogen-bond acceptors (Lipinski definition) is 4. The van der Waals surface area contributed by atoms with Gasteiger partial charge in [-0.05, 0) is 30.7 Å². The molecule has 1 aromatic carbocycles. The Bertz CT molecular complexity index is 643. The van der Waals surface area contributed by atoms with Crippen molar-refractivity contribution in [2.75, 3.05) is 30.3 Å². The van der Waals surface area contributed by atoms with E-state index in [0.29, 0.717) is 10.6 Å². The first-order valence-electron chi connectivity index (χ1n) is 6.82. The Morgan fingerprint density at radius 3 is 3.00 bits per heavy atom. The Kier molecular flexibility index (Phi) is 3.89. The molecule has 1 aliphatic rings. The quantitative estimate of drug-likeness (QED) is 0.878. The van der Waals surface area contributed by atoms with Crippen LogP contribution < -0.4 is 5.73 Å². The van der Waals surface area contributed by atoms with Gasteiger partial charge >= 0.3 is 0 Å². The predicted molar refractivity (Wildman–Crippen MR) is 88.8 cm³/mol. The lowest BCUT2D eigenvalue weighted by Gasteiger charge is -2.19. The number of benzene rings is 1. The second-order valence-corrected chi connectivity index (χ2v) is 7.38. The summed E-state index contributed by atoms with van der Waals surface area (Å²) in [7, 11) is 0. The molecule has 0 radical (unpaired) electrons. The molecule has 3 nitrogen and oxygen atoms in total. The number of nitrogen functional groups attached to an aromatic ring is 1. The molecular formula is C15H18N2OS2. The summed E-state index contributed by atoms with van der Waals surface area (Å²) in [5.74, 6) is 2.27. The van der Waals surface area contributed by atoms with Gasteiger partial charge in [0.2, 0.25) is 0 Å². The molecule has 0 bridgehead atoms. The van der Waals surface area contributed by atoms with Crippen molar-refractivity contribution in [3.05, 3.63) is 28.6 Å². The molecule has 2 aromatic rings. The van der Waals surface area contributed by atoms with E-state index in [4.69, 9.17) is 5.73 Å². The number of amides is 1. The fourth-order valence-electron chi connectivity index (χ4n) is 2.48. The number of carbonyl (C=O) groups is 1. The molecule has 2 heterocycles. The van der Waals surface area contributed by atoms with E-state index < -0.39 is 0 Å². The minimum absolute atomic E-state index is 0.101. The Morgan fingerprint density at radius 1 is 1.30 bits per heavy atom. The van der Waals surface area contributed by atoms with Crippen LogP contribution in [0.25, 0.3) is 10.1 Å². The van der Waals surface area contributed by atoms with Crippen molar-refractivity contribution < 1.29 is 4.79 Å². The van der Waals surface area contributed by atoms with Crippen LogP contribution in [0.5, 0.6) is 0 Å². The summed E-state index contributed by atoms with van der Waals surface area (Å²) in [5, 5.41) is 1.01. The van der Waals surface area contributed by atoms with E-state index in [-0.39, 0.29) is 5.91 Å². The van der Waals surface area contributed by atoms with Gasteiger partial charge in [-0.15, -0.1) is 11.3 Å². The smallest absolute Gasteiger partial charge is 0.266 e. The second-order valence-electron chi connectivity index (χ2n) is 5.10. The third kappa shape index (κ3) is 2.52. The number of nitrogens with zero attached hydrogens (tertiary/aromatic N) is 1. The van der Waals surface area contributed by atoms with Crippen LogP contribution in [-0.2, 0) is 0 Å². The van der Waals surface area contributed by atoms with Crippen LogP contribution in [0.1, 0.15) is 21.7 Å². The lowest BCUT2D eigenvalue weighted by Crippen LogP contribution is -2.32. The maximum absolute atomic E-state index is 12.7. The SMILES string of the molecule is Cc1ccc2c(N)c(C(=O)N3CCCSCC3)sc2c1. The van der Waals surface area contributed by atoms with Crippen LogP contribution >= 0.6 is 23.1 Å². The number of fused-ring (bicyclic) bond motifs is 1. The highest BCUT2D eigenvalue weighted by atomic mass is 32.2. The molecule has 5 heteroatoms. The van der Waals surface area contributed by atoms with Gasteiger partial charge in [-0.3, -0.25) is 4.79 Å².